The lowest BCUT2D eigenvalue weighted by molar-refractivity contribution is 0.0602. The van der Waals surface area contributed by atoms with Crippen molar-refractivity contribution in [3.8, 4) is 0 Å². The van der Waals surface area contributed by atoms with Gasteiger partial charge in [0.2, 0.25) is 0 Å². The van der Waals surface area contributed by atoms with Crippen LogP contribution in [0.25, 0.3) is 0 Å². The van der Waals surface area contributed by atoms with Crippen molar-refractivity contribution in [1.29, 1.82) is 0 Å². The summed E-state index contributed by atoms with van der Waals surface area (Å²) in [6.45, 7) is 3.06. The average Bonchev–Trinajstić information content (AvgIpc) is 2.43. The van der Waals surface area contributed by atoms with Crippen LogP contribution in [0.1, 0.15) is 49.4 Å². The molecule has 0 spiro atoms. The molecule has 1 rings (SSSR count). The van der Waals surface area contributed by atoms with Crippen LogP contribution >= 0.6 is 11.6 Å². The highest BCUT2D eigenvalue weighted by Gasteiger charge is 2.11. The molecule has 0 atom stereocenters. The molecule has 0 aliphatic carbocycles. The number of hydrogen-bond donors (Lipinski definition) is 1. The summed E-state index contributed by atoms with van der Waals surface area (Å²) in [6, 6.07) is 5.22. The van der Waals surface area contributed by atoms with Gasteiger partial charge in [0.1, 0.15) is 0 Å². The molecule has 0 aromatic heterocycles. The zero-order valence-corrected chi connectivity index (χ0v) is 12.4. The number of esters is 1. The van der Waals surface area contributed by atoms with Crippen molar-refractivity contribution in [2.75, 3.05) is 19.0 Å². The Labute approximate surface area is 120 Å². The summed E-state index contributed by atoms with van der Waals surface area (Å²) in [7, 11) is 1.37. The largest absolute Gasteiger partial charge is 0.465 e. The first-order chi connectivity index (χ1) is 9.19. The molecular weight excluding hydrogens is 262 g/mol. The Hall–Kier alpha value is -1.22. The summed E-state index contributed by atoms with van der Waals surface area (Å²) in [5.74, 6) is -0.365. The van der Waals surface area contributed by atoms with E-state index >= 15 is 0 Å². The minimum atomic E-state index is -0.365. The molecule has 0 aliphatic heterocycles. The van der Waals surface area contributed by atoms with Crippen molar-refractivity contribution in [2.24, 2.45) is 0 Å². The van der Waals surface area contributed by atoms with Crippen molar-refractivity contribution >= 4 is 23.3 Å². The molecule has 0 amide bonds. The normalized spacial score (nSPS) is 10.3. The van der Waals surface area contributed by atoms with Gasteiger partial charge >= 0.3 is 5.97 Å². The van der Waals surface area contributed by atoms with E-state index < -0.39 is 0 Å². The van der Waals surface area contributed by atoms with Crippen molar-refractivity contribution in [3.05, 3.63) is 28.8 Å². The van der Waals surface area contributed by atoms with Gasteiger partial charge in [0, 0.05) is 17.3 Å². The zero-order chi connectivity index (χ0) is 14.1. The van der Waals surface area contributed by atoms with Crippen LogP contribution in [-0.2, 0) is 4.74 Å². The first-order valence-corrected chi connectivity index (χ1v) is 7.18. The van der Waals surface area contributed by atoms with E-state index in [1.54, 1.807) is 12.1 Å². The third kappa shape index (κ3) is 5.52. The number of halogens is 1. The van der Waals surface area contributed by atoms with Crippen molar-refractivity contribution in [3.63, 3.8) is 0 Å². The van der Waals surface area contributed by atoms with Crippen LogP contribution in [0.4, 0.5) is 5.69 Å². The number of hydrogen-bond acceptors (Lipinski definition) is 3. The molecule has 3 nitrogen and oxygen atoms in total. The molecule has 4 heteroatoms. The molecule has 0 saturated carbocycles. The van der Waals surface area contributed by atoms with Gasteiger partial charge in [-0.25, -0.2) is 4.79 Å². The van der Waals surface area contributed by atoms with E-state index in [0.29, 0.717) is 10.6 Å². The Morgan fingerprint density at radius 1 is 1.26 bits per heavy atom. The van der Waals surface area contributed by atoms with Gasteiger partial charge in [-0.15, -0.1) is 0 Å². The molecule has 0 aliphatic rings. The van der Waals surface area contributed by atoms with Gasteiger partial charge in [-0.3, -0.25) is 0 Å². The summed E-state index contributed by atoms with van der Waals surface area (Å²) in [5, 5.41) is 3.81. The first-order valence-electron chi connectivity index (χ1n) is 6.80. The maximum atomic E-state index is 11.6. The fourth-order valence-corrected chi connectivity index (χ4v) is 2.07. The van der Waals surface area contributed by atoms with Crippen LogP contribution in [0.15, 0.2) is 18.2 Å². The van der Waals surface area contributed by atoms with Crippen molar-refractivity contribution < 1.29 is 9.53 Å². The van der Waals surface area contributed by atoms with E-state index in [2.05, 4.69) is 12.2 Å². The number of nitrogens with one attached hydrogen (secondary N) is 1. The number of benzene rings is 1. The Balaban J connectivity index is 2.50. The van der Waals surface area contributed by atoms with Crippen molar-refractivity contribution in [1.82, 2.24) is 0 Å². The maximum Gasteiger partial charge on any atom is 0.340 e. The number of carbonyl (C=O) groups excluding carboxylic acids is 1. The minimum Gasteiger partial charge on any atom is -0.465 e. The molecule has 0 heterocycles. The highest BCUT2D eigenvalue weighted by molar-refractivity contribution is 6.31. The summed E-state index contributed by atoms with van der Waals surface area (Å²) < 4.78 is 4.75. The second-order valence-corrected chi connectivity index (χ2v) is 4.96. The molecule has 0 radical (unpaired) electrons. The van der Waals surface area contributed by atoms with Gasteiger partial charge in [-0.05, 0) is 24.6 Å². The number of rotatable bonds is 8. The van der Waals surface area contributed by atoms with E-state index in [1.807, 2.05) is 6.07 Å². The third-order valence-electron chi connectivity index (χ3n) is 2.98. The topological polar surface area (TPSA) is 38.3 Å². The second kappa shape index (κ2) is 8.81. The van der Waals surface area contributed by atoms with Crippen LogP contribution in [0, 0.1) is 0 Å². The zero-order valence-electron chi connectivity index (χ0n) is 11.7. The molecular formula is C15H22ClNO2. The lowest BCUT2D eigenvalue weighted by Crippen LogP contribution is -2.09. The SMILES string of the molecule is CCCCCCCNc1ccc(Cl)cc1C(=O)OC. The summed E-state index contributed by atoms with van der Waals surface area (Å²) >= 11 is 5.90. The second-order valence-electron chi connectivity index (χ2n) is 4.52. The fourth-order valence-electron chi connectivity index (χ4n) is 1.90. The lowest BCUT2D eigenvalue weighted by Gasteiger charge is -2.11. The summed E-state index contributed by atoms with van der Waals surface area (Å²) in [4.78, 5) is 11.6. The molecule has 1 N–H and O–H groups in total. The fraction of sp³-hybridized carbons (Fsp3) is 0.533. The van der Waals surface area contributed by atoms with E-state index in [9.17, 15) is 4.79 Å². The summed E-state index contributed by atoms with van der Waals surface area (Å²) in [6.07, 6.45) is 6.11. The standard InChI is InChI=1S/C15H22ClNO2/c1-3-4-5-6-7-10-17-14-9-8-12(16)11-13(14)15(18)19-2/h8-9,11,17H,3-7,10H2,1-2H3. The monoisotopic (exact) mass is 283 g/mol. The molecule has 0 bridgehead atoms. The predicted octanol–water partition coefficient (Wildman–Crippen LogP) is 4.51. The minimum absolute atomic E-state index is 0.365. The Kier molecular flexibility index (Phi) is 7.34. The number of unbranched alkanes of at least 4 members (excludes halogenated alkanes) is 4. The Bertz CT molecular complexity index is 407. The maximum absolute atomic E-state index is 11.6. The third-order valence-corrected chi connectivity index (χ3v) is 3.22. The van der Waals surface area contributed by atoms with Crippen LogP contribution in [0.5, 0.6) is 0 Å². The number of methoxy groups -OCH3 is 1. The van der Waals surface area contributed by atoms with Crippen LogP contribution in [0.3, 0.4) is 0 Å². The van der Waals surface area contributed by atoms with Gasteiger partial charge in [-0.2, -0.15) is 0 Å². The molecule has 19 heavy (non-hydrogen) atoms. The molecule has 1 aromatic carbocycles. The smallest absolute Gasteiger partial charge is 0.340 e. The van der Waals surface area contributed by atoms with E-state index in [-0.39, 0.29) is 5.97 Å². The van der Waals surface area contributed by atoms with Gasteiger partial charge < -0.3 is 10.1 Å². The summed E-state index contributed by atoms with van der Waals surface area (Å²) in [5.41, 5.74) is 1.27. The van der Waals surface area contributed by atoms with Crippen LogP contribution < -0.4 is 5.32 Å². The molecule has 0 saturated heterocycles. The molecule has 0 fully saturated rings. The predicted molar refractivity (Wildman–Crippen MR) is 80.0 cm³/mol. The van der Waals surface area contributed by atoms with Crippen molar-refractivity contribution in [2.45, 2.75) is 39.0 Å². The van der Waals surface area contributed by atoms with Crippen LogP contribution in [-0.4, -0.2) is 19.6 Å². The van der Waals surface area contributed by atoms with E-state index in [1.165, 1.54) is 32.8 Å². The highest BCUT2D eigenvalue weighted by atomic mass is 35.5. The number of ether oxygens (including phenoxy) is 1. The van der Waals surface area contributed by atoms with E-state index in [0.717, 1.165) is 18.7 Å². The highest BCUT2D eigenvalue weighted by Crippen LogP contribution is 2.21. The van der Waals surface area contributed by atoms with Gasteiger partial charge in [0.05, 0.1) is 12.7 Å². The van der Waals surface area contributed by atoms with Gasteiger partial charge in [-0.1, -0.05) is 44.2 Å². The van der Waals surface area contributed by atoms with E-state index in [4.69, 9.17) is 16.3 Å². The number of anilines is 1. The van der Waals surface area contributed by atoms with Crippen LogP contribution in [0.2, 0.25) is 5.02 Å². The first kappa shape index (κ1) is 15.8. The quantitative estimate of drug-likeness (QED) is 0.563. The average molecular weight is 284 g/mol. The number of carbonyl (C=O) groups is 1. The lowest BCUT2D eigenvalue weighted by atomic mass is 10.1. The molecule has 106 valence electrons. The van der Waals surface area contributed by atoms with Gasteiger partial charge in [0.15, 0.2) is 0 Å². The molecule has 1 aromatic rings. The molecule has 0 unspecified atom stereocenters. The van der Waals surface area contributed by atoms with Gasteiger partial charge in [0.25, 0.3) is 0 Å². The Morgan fingerprint density at radius 3 is 2.68 bits per heavy atom. The Morgan fingerprint density at radius 2 is 2.00 bits per heavy atom.